The van der Waals surface area contributed by atoms with E-state index in [1.54, 1.807) is 0 Å². The summed E-state index contributed by atoms with van der Waals surface area (Å²) in [4.78, 5) is 7.60. The summed E-state index contributed by atoms with van der Waals surface area (Å²) < 4.78 is 2.53. The minimum atomic E-state index is -0.463. The molecule has 7 aromatic carbocycles. The second kappa shape index (κ2) is 10.7. The number of benzene rings is 7. The molecule has 3 nitrogen and oxygen atoms in total. The zero-order valence-electron chi connectivity index (χ0n) is 28.9. The van der Waals surface area contributed by atoms with E-state index in [1.165, 1.54) is 72.0 Å². The Hall–Kier alpha value is -6.71. The molecule has 2 atom stereocenters. The van der Waals surface area contributed by atoms with E-state index in [1.807, 2.05) is 0 Å². The number of hydrogen-bond acceptors (Lipinski definition) is 2. The van der Waals surface area contributed by atoms with Crippen molar-refractivity contribution in [1.29, 1.82) is 0 Å². The zero-order chi connectivity index (χ0) is 34.7. The molecule has 8 aromatic rings. The van der Waals surface area contributed by atoms with Crippen LogP contribution in [0.2, 0.25) is 0 Å². The van der Waals surface area contributed by atoms with Crippen molar-refractivity contribution in [3.8, 4) is 27.9 Å². The van der Waals surface area contributed by atoms with Crippen molar-refractivity contribution in [2.75, 3.05) is 4.90 Å². The van der Waals surface area contributed by atoms with E-state index in [0.29, 0.717) is 0 Å². The monoisotopic (exact) mass is 675 g/mol. The first kappa shape index (κ1) is 28.9. The number of hydrogen-bond donors (Lipinski definition) is 0. The Bertz CT molecular complexity index is 2860. The van der Waals surface area contributed by atoms with Crippen LogP contribution in [0.15, 0.2) is 193 Å². The Morgan fingerprint density at radius 3 is 1.96 bits per heavy atom. The molecule has 248 valence electrons. The second-order valence-corrected chi connectivity index (χ2v) is 14.6. The van der Waals surface area contributed by atoms with Gasteiger partial charge in [0.05, 0.1) is 34.2 Å². The molecule has 53 heavy (non-hydrogen) atoms. The molecule has 12 rings (SSSR count). The van der Waals surface area contributed by atoms with Crippen LogP contribution in [0.4, 0.5) is 5.69 Å². The minimum absolute atomic E-state index is 0.1000. The predicted molar refractivity (Wildman–Crippen MR) is 218 cm³/mol. The Balaban J connectivity index is 1.07. The van der Waals surface area contributed by atoms with Gasteiger partial charge >= 0.3 is 0 Å². The highest BCUT2D eigenvalue weighted by Crippen LogP contribution is 2.61. The molecule has 4 aliphatic rings. The number of aliphatic imine (C=N–C) groups is 1. The number of fused-ring (bicyclic) bond motifs is 13. The van der Waals surface area contributed by atoms with Crippen LogP contribution in [-0.2, 0) is 5.41 Å². The third-order valence-electron chi connectivity index (χ3n) is 12.1. The first-order valence-electron chi connectivity index (χ1n) is 18.6. The average molecular weight is 676 g/mol. The molecule has 3 heterocycles. The first-order chi connectivity index (χ1) is 26.3. The van der Waals surface area contributed by atoms with E-state index in [-0.39, 0.29) is 12.1 Å². The van der Waals surface area contributed by atoms with Crippen molar-refractivity contribution >= 4 is 33.3 Å². The fraction of sp³-hybridized carbons (Fsp3) is 0.0600. The quantitative estimate of drug-likeness (QED) is 0.183. The van der Waals surface area contributed by atoms with Gasteiger partial charge in [-0.05, 0) is 74.8 Å². The fourth-order valence-corrected chi connectivity index (χ4v) is 9.94. The highest BCUT2D eigenvalue weighted by molar-refractivity contribution is 6.14. The lowest BCUT2D eigenvalue weighted by atomic mass is 9.65. The maximum Gasteiger partial charge on any atom is 0.136 e. The Kier molecular flexibility index (Phi) is 5.82. The smallest absolute Gasteiger partial charge is 0.136 e. The van der Waals surface area contributed by atoms with Gasteiger partial charge in [-0.2, -0.15) is 0 Å². The lowest BCUT2D eigenvalue weighted by Gasteiger charge is -2.40. The summed E-state index contributed by atoms with van der Waals surface area (Å²) in [6.45, 7) is 0. The Labute approximate surface area is 308 Å². The largest absolute Gasteiger partial charge is 0.317 e. The van der Waals surface area contributed by atoms with Gasteiger partial charge in [-0.25, -0.2) is 0 Å². The van der Waals surface area contributed by atoms with Crippen LogP contribution in [0, 0.1) is 0 Å². The van der Waals surface area contributed by atoms with Crippen LogP contribution < -0.4 is 4.90 Å². The van der Waals surface area contributed by atoms with Crippen molar-refractivity contribution in [1.82, 2.24) is 4.57 Å². The molecule has 2 aliphatic carbocycles. The van der Waals surface area contributed by atoms with Crippen molar-refractivity contribution in [3.63, 3.8) is 0 Å². The normalized spacial score (nSPS) is 18.3. The number of amidine groups is 1. The topological polar surface area (TPSA) is 20.5 Å². The van der Waals surface area contributed by atoms with Crippen molar-refractivity contribution < 1.29 is 0 Å². The van der Waals surface area contributed by atoms with Crippen LogP contribution in [0.5, 0.6) is 0 Å². The predicted octanol–water partition coefficient (Wildman–Crippen LogP) is 11.3. The number of nitrogens with zero attached hydrogens (tertiary/aromatic N) is 3. The summed E-state index contributed by atoms with van der Waals surface area (Å²) in [5.41, 5.74) is 16.0. The molecule has 1 spiro atoms. The Morgan fingerprint density at radius 2 is 1.15 bits per heavy atom. The molecule has 0 radical (unpaired) electrons. The summed E-state index contributed by atoms with van der Waals surface area (Å²) in [5, 5.41) is 2.59. The standard InChI is InChI=1S/C50H33N3/c1-2-13-33(14-3-1)49-51-44-22-9-11-24-47(44)52(49)35-28-25-32(26-29-35)34-27-30-46-43(31-34)50(40-19-7-4-15-36(40)37-16-5-8-20-41(37)50)42-21-12-18-39-38-17-6-10-23-45(38)53(46)48(39)42/h1-31,44,47H. The third kappa shape index (κ3) is 3.76. The summed E-state index contributed by atoms with van der Waals surface area (Å²) in [6.07, 6.45) is 8.75. The van der Waals surface area contributed by atoms with Gasteiger partial charge in [0, 0.05) is 22.0 Å². The van der Waals surface area contributed by atoms with Gasteiger partial charge in [0.15, 0.2) is 0 Å². The molecule has 0 saturated carbocycles. The van der Waals surface area contributed by atoms with E-state index in [9.17, 15) is 0 Å². The van der Waals surface area contributed by atoms with Crippen LogP contribution in [0.25, 0.3) is 49.7 Å². The van der Waals surface area contributed by atoms with Gasteiger partial charge < -0.3 is 9.47 Å². The molecule has 2 aliphatic heterocycles. The SMILES string of the molecule is C1=CC2N=C(c3ccccc3)N(c3ccc(-c4ccc5c(c4)C4(c6ccccc6-c6ccccc64)c4cccc6c7ccccc7n-5c46)cc3)C2C=C1. The highest BCUT2D eigenvalue weighted by atomic mass is 15.3. The van der Waals surface area contributed by atoms with E-state index in [4.69, 9.17) is 4.99 Å². The minimum Gasteiger partial charge on any atom is -0.317 e. The van der Waals surface area contributed by atoms with E-state index < -0.39 is 5.41 Å². The molecule has 0 bridgehead atoms. The van der Waals surface area contributed by atoms with Gasteiger partial charge in [-0.1, -0.05) is 158 Å². The van der Waals surface area contributed by atoms with Crippen molar-refractivity contribution in [2.45, 2.75) is 17.5 Å². The summed E-state index contributed by atoms with van der Waals surface area (Å²) >= 11 is 0. The lowest BCUT2D eigenvalue weighted by molar-refractivity contribution is 0.739. The van der Waals surface area contributed by atoms with Gasteiger partial charge in [0.2, 0.25) is 0 Å². The fourth-order valence-electron chi connectivity index (χ4n) is 9.94. The third-order valence-corrected chi connectivity index (χ3v) is 12.1. The summed E-state index contributed by atoms with van der Waals surface area (Å²) in [6, 6.07) is 61.1. The molecule has 0 fully saturated rings. The zero-order valence-corrected chi connectivity index (χ0v) is 28.9. The molecular weight excluding hydrogens is 643 g/mol. The second-order valence-electron chi connectivity index (χ2n) is 14.6. The number of rotatable bonds is 3. The summed E-state index contributed by atoms with van der Waals surface area (Å²) in [7, 11) is 0. The van der Waals surface area contributed by atoms with E-state index in [0.717, 1.165) is 17.1 Å². The van der Waals surface area contributed by atoms with Gasteiger partial charge in [-0.15, -0.1) is 0 Å². The molecule has 0 N–H and O–H groups in total. The molecule has 3 heteroatoms. The van der Waals surface area contributed by atoms with E-state index in [2.05, 4.69) is 198 Å². The number of aromatic nitrogens is 1. The van der Waals surface area contributed by atoms with Crippen LogP contribution in [0.1, 0.15) is 27.8 Å². The number of allylic oxidation sites excluding steroid dienone is 2. The van der Waals surface area contributed by atoms with Crippen molar-refractivity contribution in [2.24, 2.45) is 4.99 Å². The average Bonchev–Trinajstić information content (AvgIpc) is 3.88. The molecule has 2 unspecified atom stereocenters. The molecule has 0 saturated heterocycles. The highest BCUT2D eigenvalue weighted by Gasteiger charge is 2.50. The van der Waals surface area contributed by atoms with Gasteiger partial charge in [-0.3, -0.25) is 4.99 Å². The van der Waals surface area contributed by atoms with Gasteiger partial charge in [0.25, 0.3) is 0 Å². The Morgan fingerprint density at radius 1 is 0.491 bits per heavy atom. The maximum atomic E-state index is 5.20. The molecule has 1 aromatic heterocycles. The van der Waals surface area contributed by atoms with Crippen LogP contribution in [-0.4, -0.2) is 22.5 Å². The van der Waals surface area contributed by atoms with Crippen molar-refractivity contribution in [3.05, 3.63) is 216 Å². The maximum absolute atomic E-state index is 5.20. The number of anilines is 1. The van der Waals surface area contributed by atoms with E-state index >= 15 is 0 Å². The molecular formula is C50H33N3. The molecule has 0 amide bonds. The summed E-state index contributed by atoms with van der Waals surface area (Å²) in [5.74, 6) is 1.02. The van der Waals surface area contributed by atoms with Crippen LogP contribution in [0.3, 0.4) is 0 Å². The number of para-hydroxylation sites is 2. The van der Waals surface area contributed by atoms with Gasteiger partial charge in [0.1, 0.15) is 5.84 Å². The lowest BCUT2D eigenvalue weighted by Crippen LogP contribution is -2.39. The van der Waals surface area contributed by atoms with Crippen LogP contribution >= 0.6 is 0 Å². The first-order valence-corrected chi connectivity index (χ1v) is 18.6.